The molecule has 5 nitrogen and oxygen atoms in total. The van der Waals surface area contributed by atoms with Crippen molar-refractivity contribution in [1.29, 1.82) is 0 Å². The summed E-state index contributed by atoms with van der Waals surface area (Å²) in [5.74, 6) is -0.398. The van der Waals surface area contributed by atoms with Gasteiger partial charge in [0.15, 0.2) is 0 Å². The summed E-state index contributed by atoms with van der Waals surface area (Å²) in [6, 6.07) is 11.1. The highest BCUT2D eigenvalue weighted by Crippen LogP contribution is 2.23. The van der Waals surface area contributed by atoms with Gasteiger partial charge in [0.1, 0.15) is 17.6 Å². The maximum atomic E-state index is 14.3. The van der Waals surface area contributed by atoms with Crippen LogP contribution in [-0.4, -0.2) is 35.9 Å². The van der Waals surface area contributed by atoms with Gasteiger partial charge in [-0.1, -0.05) is 42.6 Å². The van der Waals surface area contributed by atoms with E-state index in [1.165, 1.54) is 17.0 Å². The largest absolute Gasteiger partial charge is 0.497 e. The zero-order valence-corrected chi connectivity index (χ0v) is 18.6. The number of benzene rings is 2. The van der Waals surface area contributed by atoms with Crippen LogP contribution in [0.1, 0.15) is 43.7 Å². The summed E-state index contributed by atoms with van der Waals surface area (Å²) in [4.78, 5) is 27.6. The third kappa shape index (κ3) is 5.97. The first-order valence-corrected chi connectivity index (χ1v) is 10.9. The van der Waals surface area contributed by atoms with E-state index < -0.39 is 11.9 Å². The lowest BCUT2D eigenvalue weighted by Gasteiger charge is -2.30. The number of nitrogens with one attached hydrogen (secondary N) is 1. The molecule has 31 heavy (non-hydrogen) atoms. The van der Waals surface area contributed by atoms with Crippen molar-refractivity contribution in [2.75, 3.05) is 7.11 Å². The first kappa shape index (κ1) is 23.1. The molecule has 166 valence electrons. The highest BCUT2D eigenvalue weighted by Gasteiger charge is 2.29. The van der Waals surface area contributed by atoms with Crippen LogP contribution in [-0.2, 0) is 22.6 Å². The smallest absolute Gasteiger partial charge is 0.242 e. The Hall–Kier alpha value is -2.60. The van der Waals surface area contributed by atoms with Crippen molar-refractivity contribution in [2.45, 2.75) is 57.7 Å². The maximum Gasteiger partial charge on any atom is 0.242 e. The van der Waals surface area contributed by atoms with Crippen LogP contribution in [0.15, 0.2) is 42.5 Å². The quantitative estimate of drug-likeness (QED) is 0.649. The van der Waals surface area contributed by atoms with Gasteiger partial charge >= 0.3 is 0 Å². The fourth-order valence-electron chi connectivity index (χ4n) is 3.86. The van der Waals surface area contributed by atoms with E-state index in [-0.39, 0.29) is 41.4 Å². The van der Waals surface area contributed by atoms with Crippen LogP contribution in [0.2, 0.25) is 5.02 Å². The average Bonchev–Trinajstić information content (AvgIpc) is 3.27. The van der Waals surface area contributed by atoms with Gasteiger partial charge in [-0.15, -0.1) is 0 Å². The van der Waals surface area contributed by atoms with Crippen LogP contribution in [0.25, 0.3) is 0 Å². The maximum absolute atomic E-state index is 14.3. The minimum Gasteiger partial charge on any atom is -0.497 e. The van der Waals surface area contributed by atoms with Crippen LogP contribution in [0.4, 0.5) is 4.39 Å². The van der Waals surface area contributed by atoms with Crippen molar-refractivity contribution in [3.63, 3.8) is 0 Å². The van der Waals surface area contributed by atoms with Crippen LogP contribution in [0.5, 0.6) is 5.75 Å². The number of halogens is 2. The Morgan fingerprint density at radius 1 is 1.19 bits per heavy atom. The standard InChI is InChI=1S/C24H28ClFN2O3/c1-16(24(30)27-18-6-3-4-7-18)28(15-17-10-12-19(31-2)13-11-17)23(29)14-20-21(25)8-5-9-22(20)26/h5,8-13,16,18H,3-4,6-7,14-15H2,1-2H3,(H,27,30)/t16-/m1/s1. The Kier molecular flexibility index (Phi) is 7.91. The molecule has 2 aromatic carbocycles. The zero-order valence-electron chi connectivity index (χ0n) is 17.9. The zero-order chi connectivity index (χ0) is 22.4. The van der Waals surface area contributed by atoms with E-state index in [2.05, 4.69) is 5.32 Å². The lowest BCUT2D eigenvalue weighted by molar-refractivity contribution is -0.140. The Morgan fingerprint density at radius 3 is 2.48 bits per heavy atom. The number of rotatable bonds is 8. The lowest BCUT2D eigenvalue weighted by atomic mass is 10.1. The SMILES string of the molecule is COc1ccc(CN(C(=O)Cc2c(F)cccc2Cl)[C@H](C)C(=O)NC2CCCC2)cc1. The predicted octanol–water partition coefficient (Wildman–Crippen LogP) is 4.51. The first-order chi connectivity index (χ1) is 14.9. The van der Waals surface area contributed by atoms with E-state index in [1.807, 2.05) is 12.1 Å². The van der Waals surface area contributed by atoms with Gasteiger partial charge in [-0.3, -0.25) is 9.59 Å². The minimum absolute atomic E-state index is 0.136. The molecular formula is C24H28ClFN2O3. The average molecular weight is 447 g/mol. The summed E-state index contributed by atoms with van der Waals surface area (Å²) in [7, 11) is 1.58. The number of hydrogen-bond acceptors (Lipinski definition) is 3. The van der Waals surface area contributed by atoms with Crippen molar-refractivity contribution in [2.24, 2.45) is 0 Å². The fourth-order valence-corrected chi connectivity index (χ4v) is 4.09. The molecule has 3 rings (SSSR count). The summed E-state index contributed by atoms with van der Waals surface area (Å²) in [5, 5.41) is 3.25. The third-order valence-electron chi connectivity index (χ3n) is 5.77. The van der Waals surface area contributed by atoms with Crippen LogP contribution >= 0.6 is 11.6 Å². The molecule has 1 fully saturated rings. The molecule has 0 radical (unpaired) electrons. The van der Waals surface area contributed by atoms with Crippen molar-refractivity contribution < 1.29 is 18.7 Å². The van der Waals surface area contributed by atoms with Crippen molar-refractivity contribution >= 4 is 23.4 Å². The van der Waals surface area contributed by atoms with Crippen molar-refractivity contribution in [3.05, 3.63) is 64.4 Å². The van der Waals surface area contributed by atoms with Crippen molar-refractivity contribution in [1.82, 2.24) is 10.2 Å². The molecule has 1 aliphatic carbocycles. The van der Waals surface area contributed by atoms with Gasteiger partial charge in [0.2, 0.25) is 11.8 Å². The van der Waals surface area contributed by atoms with E-state index in [0.717, 1.165) is 31.2 Å². The number of nitrogens with zero attached hydrogens (tertiary/aromatic N) is 1. The fraction of sp³-hybridized carbons (Fsp3) is 0.417. The summed E-state index contributed by atoms with van der Waals surface area (Å²) in [6.07, 6.45) is 3.88. The molecule has 0 bridgehead atoms. The molecule has 0 spiro atoms. The number of carbonyl (C=O) groups excluding carboxylic acids is 2. The second-order valence-electron chi connectivity index (χ2n) is 7.91. The number of amides is 2. The Morgan fingerprint density at radius 2 is 1.87 bits per heavy atom. The molecular weight excluding hydrogens is 419 g/mol. The van der Waals surface area contributed by atoms with Gasteiger partial charge in [-0.25, -0.2) is 4.39 Å². The molecule has 1 atom stereocenters. The molecule has 0 aromatic heterocycles. The number of ether oxygens (including phenoxy) is 1. The van der Waals surface area contributed by atoms with Gasteiger partial charge in [0, 0.05) is 23.2 Å². The first-order valence-electron chi connectivity index (χ1n) is 10.5. The predicted molar refractivity (Wildman–Crippen MR) is 119 cm³/mol. The summed E-state index contributed by atoms with van der Waals surface area (Å²) >= 11 is 6.12. The van der Waals surface area contributed by atoms with E-state index >= 15 is 0 Å². The minimum atomic E-state index is -0.708. The third-order valence-corrected chi connectivity index (χ3v) is 6.12. The van der Waals surface area contributed by atoms with Gasteiger partial charge in [-0.05, 0) is 49.6 Å². The van der Waals surface area contributed by atoms with E-state index in [0.29, 0.717) is 5.75 Å². The van der Waals surface area contributed by atoms with Gasteiger partial charge in [0.25, 0.3) is 0 Å². The molecule has 1 N–H and O–H groups in total. The molecule has 7 heteroatoms. The molecule has 0 heterocycles. The van der Waals surface area contributed by atoms with Crippen LogP contribution in [0, 0.1) is 5.82 Å². The van der Waals surface area contributed by atoms with Gasteiger partial charge in [-0.2, -0.15) is 0 Å². The molecule has 2 aromatic rings. The summed E-state index contributed by atoms with van der Waals surface area (Å²) < 4.78 is 19.5. The summed E-state index contributed by atoms with van der Waals surface area (Å²) in [5.41, 5.74) is 0.978. The number of methoxy groups -OCH3 is 1. The summed E-state index contributed by atoms with van der Waals surface area (Å²) in [6.45, 7) is 1.92. The molecule has 0 unspecified atom stereocenters. The molecule has 0 saturated heterocycles. The molecule has 1 aliphatic rings. The highest BCUT2D eigenvalue weighted by molar-refractivity contribution is 6.31. The highest BCUT2D eigenvalue weighted by atomic mass is 35.5. The molecule has 2 amide bonds. The van der Waals surface area contributed by atoms with E-state index in [1.54, 1.807) is 32.2 Å². The van der Waals surface area contributed by atoms with Crippen LogP contribution in [0.3, 0.4) is 0 Å². The Labute approximate surface area is 187 Å². The second-order valence-corrected chi connectivity index (χ2v) is 8.32. The van der Waals surface area contributed by atoms with E-state index in [4.69, 9.17) is 16.3 Å². The topological polar surface area (TPSA) is 58.6 Å². The second kappa shape index (κ2) is 10.6. The molecule has 0 aliphatic heterocycles. The number of carbonyl (C=O) groups is 2. The Balaban J connectivity index is 1.81. The van der Waals surface area contributed by atoms with E-state index in [9.17, 15) is 14.0 Å². The number of hydrogen-bond donors (Lipinski definition) is 1. The van der Waals surface area contributed by atoms with Crippen molar-refractivity contribution in [3.8, 4) is 5.75 Å². The Bertz CT molecular complexity index is 893. The van der Waals surface area contributed by atoms with Crippen LogP contribution < -0.4 is 10.1 Å². The molecule has 1 saturated carbocycles. The normalized spacial score (nSPS) is 14.8. The lowest BCUT2D eigenvalue weighted by Crippen LogP contribution is -2.50. The van der Waals surface area contributed by atoms with Gasteiger partial charge < -0.3 is 15.0 Å². The monoisotopic (exact) mass is 446 g/mol. The van der Waals surface area contributed by atoms with Gasteiger partial charge in [0.05, 0.1) is 13.5 Å².